The molecule has 0 aromatic rings. The van der Waals surface area contributed by atoms with Crippen molar-refractivity contribution in [3.05, 3.63) is 33.8 Å². The minimum absolute atomic E-state index is 0.00459. The maximum atomic E-state index is 12.0. The summed E-state index contributed by atoms with van der Waals surface area (Å²) >= 11 is 0. The van der Waals surface area contributed by atoms with E-state index in [4.69, 9.17) is 4.43 Å². The summed E-state index contributed by atoms with van der Waals surface area (Å²) in [5.74, 6) is -1.09. The first-order chi connectivity index (χ1) is 12.9. The smallest absolute Gasteiger partial charge is 0.411 e. The van der Waals surface area contributed by atoms with E-state index in [2.05, 4.69) is 9.96 Å². The highest BCUT2D eigenvalue weighted by Crippen LogP contribution is 2.19. The number of nitrogens with one attached hydrogen (secondary N) is 1. The third-order valence-corrected chi connectivity index (χ3v) is 4.32. The second-order valence-corrected chi connectivity index (χ2v) is 11.6. The predicted molar refractivity (Wildman–Crippen MR) is 111 cm³/mol. The first-order valence-corrected chi connectivity index (χ1v) is 12.5. The third-order valence-electron chi connectivity index (χ3n) is 3.48. The van der Waals surface area contributed by atoms with Crippen LogP contribution >= 0.6 is 0 Å². The molecule has 0 radical (unpaired) electrons. The van der Waals surface area contributed by atoms with E-state index in [0.29, 0.717) is 13.0 Å². The molecule has 0 saturated carbocycles. The Kier molecular flexibility index (Phi) is 11.8. The summed E-state index contributed by atoms with van der Waals surface area (Å²) in [6.45, 7) is 9.65. The Morgan fingerprint density at radius 2 is 1.93 bits per heavy atom. The average Bonchev–Trinajstić information content (AvgIpc) is 2.55. The van der Waals surface area contributed by atoms with Gasteiger partial charge in [-0.3, -0.25) is 10.1 Å². The second-order valence-electron chi connectivity index (χ2n) is 7.16. The zero-order chi connectivity index (χ0) is 21.9. The van der Waals surface area contributed by atoms with Crippen molar-refractivity contribution < 1.29 is 28.9 Å². The fourth-order valence-corrected chi connectivity index (χ4v) is 2.77. The van der Waals surface area contributed by atoms with Gasteiger partial charge in [-0.25, -0.2) is 4.79 Å². The maximum Gasteiger partial charge on any atom is 0.411 e. The monoisotopic (exact) mass is 415 g/mol. The molecule has 0 rings (SSSR count). The van der Waals surface area contributed by atoms with Gasteiger partial charge in [-0.2, -0.15) is 0 Å². The van der Waals surface area contributed by atoms with E-state index < -0.39 is 39.0 Å². The van der Waals surface area contributed by atoms with Crippen molar-refractivity contribution >= 4 is 28.4 Å². The average molecular weight is 415 g/mol. The first kappa shape index (κ1) is 26.2. The van der Waals surface area contributed by atoms with Crippen LogP contribution in [0.15, 0.2) is 23.7 Å². The van der Waals surface area contributed by atoms with Gasteiger partial charge in [0.1, 0.15) is 0 Å². The van der Waals surface area contributed by atoms with E-state index in [-0.39, 0.29) is 18.7 Å². The maximum absolute atomic E-state index is 12.0. The summed E-state index contributed by atoms with van der Waals surface area (Å²) in [6.07, 6.45) is 3.52. The fourth-order valence-electron chi connectivity index (χ4n) is 2.26. The molecule has 0 fully saturated rings. The van der Waals surface area contributed by atoms with E-state index >= 15 is 0 Å². The van der Waals surface area contributed by atoms with Gasteiger partial charge in [-0.1, -0.05) is 0 Å². The van der Waals surface area contributed by atoms with Crippen molar-refractivity contribution in [1.29, 1.82) is 0 Å². The first-order valence-electron chi connectivity index (χ1n) is 9.05. The van der Waals surface area contributed by atoms with Gasteiger partial charge in [-0.05, 0) is 52.3 Å². The summed E-state index contributed by atoms with van der Waals surface area (Å²) in [7, 11) is -2.52. The van der Waals surface area contributed by atoms with Crippen LogP contribution in [-0.2, 0) is 14.0 Å². The predicted octanol–water partition coefficient (Wildman–Crippen LogP) is 0.905. The highest BCUT2D eigenvalue weighted by atomic mass is 28.4. The molecule has 0 unspecified atom stereocenters. The largest absolute Gasteiger partial charge is 0.550 e. The van der Waals surface area contributed by atoms with Gasteiger partial charge in [-0.15, -0.1) is 0 Å². The Bertz CT molecular complexity index is 580. The SMILES string of the molecule is COC(=O)/C(=C(/C/C=C/O[Si](C)(C)C)N(CCCNB(C)O)B(C)O)[N+](=O)[O-]. The lowest BCUT2D eigenvalue weighted by Crippen LogP contribution is -2.41. The summed E-state index contributed by atoms with van der Waals surface area (Å²) in [4.78, 5) is 24.1. The third kappa shape index (κ3) is 10.5. The van der Waals surface area contributed by atoms with Crippen molar-refractivity contribution in [2.45, 2.75) is 46.1 Å². The lowest BCUT2D eigenvalue weighted by atomic mass is 9.83. The number of rotatable bonds is 13. The molecule has 0 saturated heterocycles. The number of carbonyl (C=O) groups is 1. The molecule has 0 aliphatic heterocycles. The van der Waals surface area contributed by atoms with Gasteiger partial charge in [0.05, 0.1) is 24.0 Å². The van der Waals surface area contributed by atoms with Crippen LogP contribution in [0.2, 0.25) is 33.3 Å². The van der Waals surface area contributed by atoms with Crippen LogP contribution in [0.3, 0.4) is 0 Å². The Morgan fingerprint density at radius 1 is 1.32 bits per heavy atom. The number of nitrogens with zero attached hydrogens (tertiary/aromatic N) is 2. The summed E-state index contributed by atoms with van der Waals surface area (Å²) < 4.78 is 10.2. The van der Waals surface area contributed by atoms with Gasteiger partial charge in [0.15, 0.2) is 0 Å². The molecule has 10 nitrogen and oxygen atoms in total. The molecular formula is C15H31B2N3O7Si. The van der Waals surface area contributed by atoms with E-state index in [0.717, 1.165) is 7.11 Å². The Balaban J connectivity index is 5.73. The van der Waals surface area contributed by atoms with Crippen molar-refractivity contribution in [3.8, 4) is 0 Å². The van der Waals surface area contributed by atoms with Crippen LogP contribution in [0.25, 0.3) is 0 Å². The number of ether oxygens (including phenoxy) is 1. The van der Waals surface area contributed by atoms with E-state index in [9.17, 15) is 25.0 Å². The van der Waals surface area contributed by atoms with Crippen LogP contribution in [0.1, 0.15) is 12.8 Å². The lowest BCUT2D eigenvalue weighted by molar-refractivity contribution is -0.423. The standard InChI is InChI=1S/C15H31B2N3O7Si/c1-16(22)18-10-8-11-19(17(2)23)13(9-7-12-27-28(4,5)6)14(20(24)25)15(21)26-3/h7,12,18,22-23H,8-11H2,1-6H3/b12-7+,14-13+. The van der Waals surface area contributed by atoms with Crippen molar-refractivity contribution in [2.75, 3.05) is 20.2 Å². The van der Waals surface area contributed by atoms with E-state index in [1.165, 1.54) is 17.9 Å². The molecule has 0 aromatic heterocycles. The molecule has 0 heterocycles. The second kappa shape index (κ2) is 12.6. The number of nitro groups is 1. The minimum atomic E-state index is -1.82. The Morgan fingerprint density at radius 3 is 2.36 bits per heavy atom. The van der Waals surface area contributed by atoms with Crippen LogP contribution in [-0.4, -0.2) is 68.4 Å². The summed E-state index contributed by atoms with van der Waals surface area (Å²) in [6, 6.07) is 0. The molecule has 0 aliphatic carbocycles. The van der Waals surface area contributed by atoms with E-state index in [1.807, 2.05) is 19.6 Å². The van der Waals surface area contributed by atoms with Crippen molar-refractivity contribution in [1.82, 2.24) is 10.0 Å². The molecule has 0 aliphatic rings. The summed E-state index contributed by atoms with van der Waals surface area (Å²) in [5, 5.41) is 33.8. The zero-order valence-corrected chi connectivity index (χ0v) is 18.5. The number of hydrogen-bond donors (Lipinski definition) is 3. The molecule has 0 amide bonds. The van der Waals surface area contributed by atoms with Gasteiger partial charge >= 0.3 is 25.8 Å². The summed E-state index contributed by atoms with van der Waals surface area (Å²) in [5.41, 5.74) is -0.705. The van der Waals surface area contributed by atoms with Gasteiger partial charge < -0.3 is 29.2 Å². The van der Waals surface area contributed by atoms with Crippen molar-refractivity contribution in [3.63, 3.8) is 0 Å². The number of methoxy groups -OCH3 is 1. The minimum Gasteiger partial charge on any atom is -0.550 e. The molecular weight excluding hydrogens is 384 g/mol. The molecule has 0 aromatic carbocycles. The van der Waals surface area contributed by atoms with Crippen molar-refractivity contribution in [2.24, 2.45) is 0 Å². The quantitative estimate of drug-likeness (QED) is 0.0763. The number of esters is 1. The number of allylic oxidation sites excluding steroid dienone is 1. The molecule has 158 valence electrons. The zero-order valence-electron chi connectivity index (χ0n) is 17.5. The normalized spacial score (nSPS) is 12.4. The van der Waals surface area contributed by atoms with E-state index in [1.54, 1.807) is 12.9 Å². The lowest BCUT2D eigenvalue weighted by Gasteiger charge is -2.27. The number of hydrogen-bond acceptors (Lipinski definition) is 9. The van der Waals surface area contributed by atoms with Gasteiger partial charge in [0.2, 0.25) is 8.32 Å². The van der Waals surface area contributed by atoms with Gasteiger partial charge in [0.25, 0.3) is 0 Å². The highest BCUT2D eigenvalue weighted by molar-refractivity contribution is 6.69. The Hall–Kier alpha value is -1.82. The molecule has 28 heavy (non-hydrogen) atoms. The number of carbonyl (C=O) groups excluding carboxylic acids is 1. The van der Waals surface area contributed by atoms with Crippen LogP contribution in [0.4, 0.5) is 0 Å². The Labute approximate surface area is 168 Å². The molecule has 0 bridgehead atoms. The molecule has 0 spiro atoms. The molecule has 0 atom stereocenters. The van der Waals surface area contributed by atoms with Crippen LogP contribution < -0.4 is 5.23 Å². The van der Waals surface area contributed by atoms with Crippen LogP contribution in [0, 0.1) is 10.1 Å². The topological polar surface area (TPSA) is 134 Å². The van der Waals surface area contributed by atoms with Crippen LogP contribution in [0.5, 0.6) is 0 Å². The molecule has 3 N–H and O–H groups in total. The van der Waals surface area contributed by atoms with Gasteiger partial charge in [0, 0.05) is 13.0 Å². The molecule has 13 heteroatoms. The highest BCUT2D eigenvalue weighted by Gasteiger charge is 2.33. The fraction of sp³-hybridized carbons (Fsp3) is 0.667.